The van der Waals surface area contributed by atoms with Crippen LogP contribution in [-0.4, -0.2) is 31.3 Å². The van der Waals surface area contributed by atoms with Crippen LogP contribution in [0.3, 0.4) is 0 Å². The zero-order chi connectivity index (χ0) is 18.7. The summed E-state index contributed by atoms with van der Waals surface area (Å²) in [5, 5.41) is 9.40. The maximum atomic E-state index is 12.6. The van der Waals surface area contributed by atoms with E-state index in [9.17, 15) is 23.1 Å². The molecule has 0 radical (unpaired) electrons. The van der Waals surface area contributed by atoms with Gasteiger partial charge in [0.05, 0.1) is 4.90 Å². The van der Waals surface area contributed by atoms with Gasteiger partial charge in [-0.15, -0.1) is 0 Å². The summed E-state index contributed by atoms with van der Waals surface area (Å²) in [6.07, 6.45) is 1.83. The van der Waals surface area contributed by atoms with Crippen LogP contribution in [0.15, 0.2) is 53.4 Å². The molecule has 0 saturated heterocycles. The maximum absolute atomic E-state index is 12.6. The Bertz CT molecular complexity index is 938. The van der Waals surface area contributed by atoms with E-state index in [1.54, 1.807) is 30.3 Å². The molecule has 136 valence electrons. The fourth-order valence-corrected chi connectivity index (χ4v) is 4.31. The van der Waals surface area contributed by atoms with Crippen LogP contribution in [0, 0.1) is 0 Å². The Morgan fingerprint density at radius 3 is 2.54 bits per heavy atom. The predicted molar refractivity (Wildman–Crippen MR) is 95.6 cm³/mol. The van der Waals surface area contributed by atoms with E-state index >= 15 is 0 Å². The van der Waals surface area contributed by atoms with Gasteiger partial charge >= 0.3 is 5.97 Å². The Kier molecular flexibility index (Phi) is 5.20. The number of carbonyl (C=O) groups is 2. The smallest absolute Gasteiger partial charge is 0.322 e. The van der Waals surface area contributed by atoms with Gasteiger partial charge in [-0.25, -0.2) is 8.42 Å². The van der Waals surface area contributed by atoms with Gasteiger partial charge in [0.15, 0.2) is 5.78 Å². The van der Waals surface area contributed by atoms with E-state index in [2.05, 4.69) is 4.72 Å². The second kappa shape index (κ2) is 7.39. The molecule has 0 aliphatic heterocycles. The molecular weight excluding hydrogens is 354 g/mol. The molecule has 7 heteroatoms. The van der Waals surface area contributed by atoms with Crippen molar-refractivity contribution < 1.29 is 23.1 Å². The Morgan fingerprint density at radius 2 is 1.85 bits per heavy atom. The van der Waals surface area contributed by atoms with Crippen molar-refractivity contribution in [2.75, 3.05) is 0 Å². The van der Waals surface area contributed by atoms with Crippen LogP contribution in [0.2, 0.25) is 0 Å². The molecule has 0 saturated carbocycles. The molecule has 0 amide bonds. The number of carboxylic acid groups (broad SMARTS) is 1. The molecule has 0 bridgehead atoms. The van der Waals surface area contributed by atoms with E-state index in [0.29, 0.717) is 30.4 Å². The highest BCUT2D eigenvalue weighted by Gasteiger charge is 2.27. The molecule has 0 fully saturated rings. The number of nitrogens with one attached hydrogen (secondary N) is 1. The number of sulfonamides is 1. The van der Waals surface area contributed by atoms with Gasteiger partial charge < -0.3 is 5.11 Å². The Hall–Kier alpha value is -2.51. The molecule has 0 unspecified atom stereocenters. The van der Waals surface area contributed by atoms with Crippen molar-refractivity contribution in [3.05, 3.63) is 65.2 Å². The Morgan fingerprint density at radius 1 is 1.12 bits per heavy atom. The van der Waals surface area contributed by atoms with Crippen LogP contribution in [0.4, 0.5) is 0 Å². The van der Waals surface area contributed by atoms with Gasteiger partial charge in [-0.1, -0.05) is 30.3 Å². The molecule has 3 rings (SSSR count). The van der Waals surface area contributed by atoms with E-state index in [-0.39, 0.29) is 17.1 Å². The molecule has 2 aromatic rings. The van der Waals surface area contributed by atoms with Gasteiger partial charge in [0, 0.05) is 12.0 Å². The standard InChI is InChI=1S/C19H19NO5S/c21-18-8-4-7-14-12-15(9-10-16(14)18)26(24,25)20-17(19(22)23)11-13-5-2-1-3-6-13/h1-3,5-6,9-10,12,17,20H,4,7-8,11H2,(H,22,23)/t17-/m1/s1. The number of hydrogen-bond acceptors (Lipinski definition) is 4. The number of hydrogen-bond donors (Lipinski definition) is 2. The highest BCUT2D eigenvalue weighted by Crippen LogP contribution is 2.24. The second-order valence-corrected chi connectivity index (χ2v) is 8.01. The monoisotopic (exact) mass is 373 g/mol. The molecule has 2 N–H and O–H groups in total. The first-order valence-corrected chi connectivity index (χ1v) is 9.80. The van der Waals surface area contributed by atoms with Crippen molar-refractivity contribution in [3.63, 3.8) is 0 Å². The lowest BCUT2D eigenvalue weighted by atomic mass is 9.91. The zero-order valence-corrected chi connectivity index (χ0v) is 14.8. The number of rotatable bonds is 6. The summed E-state index contributed by atoms with van der Waals surface area (Å²) in [6.45, 7) is 0. The third-order valence-corrected chi connectivity index (χ3v) is 5.88. The average Bonchev–Trinajstić information content (AvgIpc) is 2.62. The van der Waals surface area contributed by atoms with Crippen LogP contribution in [0.1, 0.15) is 34.3 Å². The molecule has 0 aromatic heterocycles. The summed E-state index contributed by atoms with van der Waals surface area (Å²) in [6, 6.07) is 11.9. The van der Waals surface area contributed by atoms with Gasteiger partial charge in [0.1, 0.15) is 6.04 Å². The van der Waals surface area contributed by atoms with Crippen molar-refractivity contribution in [1.29, 1.82) is 0 Å². The first-order valence-electron chi connectivity index (χ1n) is 8.32. The van der Waals surface area contributed by atoms with Crippen molar-refractivity contribution in [1.82, 2.24) is 4.72 Å². The zero-order valence-electron chi connectivity index (χ0n) is 14.0. The number of aliphatic carboxylic acids is 1. The normalized spacial score (nSPS) is 15.3. The molecule has 6 nitrogen and oxygen atoms in total. The van der Waals surface area contributed by atoms with Crippen LogP contribution in [-0.2, 0) is 27.7 Å². The highest BCUT2D eigenvalue weighted by atomic mass is 32.2. The van der Waals surface area contributed by atoms with Crippen molar-refractivity contribution in [3.8, 4) is 0 Å². The minimum atomic E-state index is -4.02. The molecule has 0 spiro atoms. The first-order chi connectivity index (χ1) is 12.4. The third kappa shape index (κ3) is 4.00. The van der Waals surface area contributed by atoms with E-state index in [0.717, 1.165) is 5.56 Å². The Balaban J connectivity index is 1.84. The molecule has 1 atom stereocenters. The molecule has 1 aliphatic carbocycles. The second-order valence-electron chi connectivity index (χ2n) is 6.30. The summed E-state index contributed by atoms with van der Waals surface area (Å²) in [5.74, 6) is -1.23. The van der Waals surface area contributed by atoms with Gasteiger partial charge in [0.2, 0.25) is 10.0 Å². The Labute approximate surface area is 151 Å². The van der Waals surface area contributed by atoms with Gasteiger partial charge in [-0.05, 0) is 48.6 Å². The topological polar surface area (TPSA) is 101 Å². The minimum Gasteiger partial charge on any atom is -0.480 e. The quantitative estimate of drug-likeness (QED) is 0.808. The lowest BCUT2D eigenvalue weighted by molar-refractivity contribution is -0.138. The summed E-state index contributed by atoms with van der Waals surface area (Å²) < 4.78 is 27.6. The van der Waals surface area contributed by atoms with E-state index in [1.807, 2.05) is 0 Å². The molecular formula is C19H19NO5S. The fraction of sp³-hybridized carbons (Fsp3) is 0.263. The molecule has 1 aliphatic rings. The van der Waals surface area contributed by atoms with Crippen molar-refractivity contribution in [2.24, 2.45) is 0 Å². The SMILES string of the molecule is O=C1CCCc2cc(S(=O)(=O)N[C@H](Cc3ccccc3)C(=O)O)ccc21. The summed E-state index contributed by atoms with van der Waals surface area (Å²) in [4.78, 5) is 23.4. The number of aryl methyl sites for hydroxylation is 1. The number of fused-ring (bicyclic) bond motifs is 1. The van der Waals surface area contributed by atoms with E-state index in [4.69, 9.17) is 0 Å². The lowest BCUT2D eigenvalue weighted by Gasteiger charge is -2.18. The molecule has 0 heterocycles. The molecule has 2 aromatic carbocycles. The number of ketones is 1. The van der Waals surface area contributed by atoms with E-state index < -0.39 is 22.0 Å². The first kappa shape index (κ1) is 18.3. The number of carbonyl (C=O) groups excluding carboxylic acids is 1. The van der Waals surface area contributed by atoms with Gasteiger partial charge in [-0.3, -0.25) is 9.59 Å². The van der Waals surface area contributed by atoms with Gasteiger partial charge in [-0.2, -0.15) is 4.72 Å². The summed E-state index contributed by atoms with van der Waals surface area (Å²) in [7, 11) is -4.02. The third-order valence-electron chi connectivity index (χ3n) is 4.42. The van der Waals surface area contributed by atoms with Crippen LogP contribution in [0.5, 0.6) is 0 Å². The summed E-state index contributed by atoms with van der Waals surface area (Å²) >= 11 is 0. The summed E-state index contributed by atoms with van der Waals surface area (Å²) in [5.41, 5.74) is 1.96. The van der Waals surface area contributed by atoms with E-state index in [1.165, 1.54) is 18.2 Å². The maximum Gasteiger partial charge on any atom is 0.322 e. The number of carboxylic acids is 1. The predicted octanol–water partition coefficient (Wildman–Crippen LogP) is 2.18. The van der Waals surface area contributed by atoms with Gasteiger partial charge in [0.25, 0.3) is 0 Å². The van der Waals surface area contributed by atoms with Crippen molar-refractivity contribution >= 4 is 21.8 Å². The number of benzene rings is 2. The minimum absolute atomic E-state index is 0.00986. The van der Waals surface area contributed by atoms with Crippen LogP contribution >= 0.6 is 0 Å². The van der Waals surface area contributed by atoms with Crippen LogP contribution < -0.4 is 4.72 Å². The highest BCUT2D eigenvalue weighted by molar-refractivity contribution is 7.89. The molecule has 26 heavy (non-hydrogen) atoms. The van der Waals surface area contributed by atoms with Crippen molar-refractivity contribution in [2.45, 2.75) is 36.6 Å². The fourth-order valence-electron chi connectivity index (χ4n) is 3.07. The largest absolute Gasteiger partial charge is 0.480 e. The van der Waals surface area contributed by atoms with Crippen LogP contribution in [0.25, 0.3) is 0 Å². The lowest BCUT2D eigenvalue weighted by Crippen LogP contribution is -2.42. The average molecular weight is 373 g/mol. The number of Topliss-reactive ketones (excluding diaryl/α,β-unsaturated/α-hetero) is 1.